The average Bonchev–Trinajstić information content (AvgIpc) is 2.85. The summed E-state index contributed by atoms with van der Waals surface area (Å²) < 4.78 is 38.5. The third-order valence-corrected chi connectivity index (χ3v) is 4.64. The van der Waals surface area contributed by atoms with Gasteiger partial charge >= 0.3 is 6.18 Å². The Balaban J connectivity index is 2.05. The summed E-state index contributed by atoms with van der Waals surface area (Å²) in [6.07, 6.45) is -2.92. The maximum atomic E-state index is 12.8. The molecule has 0 amide bonds. The summed E-state index contributed by atoms with van der Waals surface area (Å²) in [5.41, 5.74) is 6.41. The lowest BCUT2D eigenvalue weighted by Gasteiger charge is -2.14. The van der Waals surface area contributed by atoms with Gasteiger partial charge in [0.25, 0.3) is 0 Å². The molecule has 20 heavy (non-hydrogen) atoms. The summed E-state index contributed by atoms with van der Waals surface area (Å²) in [4.78, 5) is 5.16. The molecule has 2 nitrogen and oxygen atoms in total. The first-order valence-corrected chi connectivity index (χ1v) is 7.17. The van der Waals surface area contributed by atoms with E-state index in [0.29, 0.717) is 10.7 Å². The van der Waals surface area contributed by atoms with E-state index in [-0.39, 0.29) is 10.9 Å². The highest BCUT2D eigenvalue weighted by Crippen LogP contribution is 2.44. The van der Waals surface area contributed by atoms with E-state index in [0.717, 1.165) is 29.5 Å². The standard InChI is InChI=1S/C13H10ClF3N2S/c14-8-4-6(3-7(5-8)13(15,16)17)9-1-2-10-11(9)20-12(18)19-10/h3-5,9H,1-2H2,(H2,18,19). The van der Waals surface area contributed by atoms with E-state index in [4.69, 9.17) is 17.3 Å². The minimum atomic E-state index is -4.40. The van der Waals surface area contributed by atoms with Crippen LogP contribution in [0.3, 0.4) is 0 Å². The molecule has 7 heteroatoms. The average molecular weight is 319 g/mol. The van der Waals surface area contributed by atoms with Crippen LogP contribution in [-0.2, 0) is 12.6 Å². The quantitative estimate of drug-likeness (QED) is 0.842. The fourth-order valence-electron chi connectivity index (χ4n) is 2.54. The number of nitrogens with two attached hydrogens (primary N) is 1. The van der Waals surface area contributed by atoms with Gasteiger partial charge in [-0.2, -0.15) is 13.2 Å². The van der Waals surface area contributed by atoms with Crippen LogP contribution in [0.5, 0.6) is 0 Å². The number of alkyl halides is 3. The Morgan fingerprint density at radius 3 is 2.75 bits per heavy atom. The van der Waals surface area contributed by atoms with Gasteiger partial charge in [0.1, 0.15) is 0 Å². The second kappa shape index (κ2) is 4.63. The van der Waals surface area contributed by atoms with E-state index in [2.05, 4.69) is 4.98 Å². The van der Waals surface area contributed by atoms with Crippen LogP contribution >= 0.6 is 22.9 Å². The van der Waals surface area contributed by atoms with Crippen molar-refractivity contribution in [1.29, 1.82) is 0 Å². The van der Waals surface area contributed by atoms with Crippen LogP contribution in [0.15, 0.2) is 18.2 Å². The number of aryl methyl sites for hydroxylation is 1. The Bertz CT molecular complexity index is 666. The van der Waals surface area contributed by atoms with Gasteiger partial charge in [-0.3, -0.25) is 0 Å². The molecule has 1 atom stereocenters. The first-order valence-electron chi connectivity index (χ1n) is 5.97. The van der Waals surface area contributed by atoms with Crippen LogP contribution in [-0.4, -0.2) is 4.98 Å². The molecule has 106 valence electrons. The van der Waals surface area contributed by atoms with Crippen molar-refractivity contribution in [3.63, 3.8) is 0 Å². The van der Waals surface area contributed by atoms with E-state index in [9.17, 15) is 13.2 Å². The highest BCUT2D eigenvalue weighted by atomic mass is 35.5. The molecule has 1 aliphatic rings. The van der Waals surface area contributed by atoms with Crippen molar-refractivity contribution in [3.8, 4) is 0 Å². The zero-order valence-corrected chi connectivity index (χ0v) is 11.7. The zero-order chi connectivity index (χ0) is 14.5. The second-order valence-corrected chi connectivity index (χ2v) is 6.22. The van der Waals surface area contributed by atoms with Crippen LogP contribution in [0, 0.1) is 0 Å². The maximum Gasteiger partial charge on any atom is 0.416 e. The van der Waals surface area contributed by atoms with Crippen molar-refractivity contribution in [1.82, 2.24) is 4.98 Å². The maximum absolute atomic E-state index is 12.8. The fourth-order valence-corrected chi connectivity index (χ4v) is 3.83. The first-order chi connectivity index (χ1) is 9.34. The van der Waals surface area contributed by atoms with Gasteiger partial charge < -0.3 is 5.73 Å². The summed E-state index contributed by atoms with van der Waals surface area (Å²) in [7, 11) is 0. The lowest BCUT2D eigenvalue weighted by molar-refractivity contribution is -0.137. The number of rotatable bonds is 1. The van der Waals surface area contributed by atoms with Gasteiger partial charge in [-0.1, -0.05) is 11.6 Å². The molecular formula is C13H10ClF3N2S. The van der Waals surface area contributed by atoms with Crippen molar-refractivity contribution < 1.29 is 13.2 Å². The molecule has 1 aliphatic carbocycles. The molecule has 0 spiro atoms. The van der Waals surface area contributed by atoms with Crippen molar-refractivity contribution >= 4 is 28.1 Å². The highest BCUT2D eigenvalue weighted by molar-refractivity contribution is 7.15. The van der Waals surface area contributed by atoms with Gasteiger partial charge in [0, 0.05) is 15.8 Å². The van der Waals surface area contributed by atoms with Crippen molar-refractivity contribution in [2.75, 3.05) is 5.73 Å². The van der Waals surface area contributed by atoms with Gasteiger partial charge in [0.05, 0.1) is 11.3 Å². The number of aromatic nitrogens is 1. The Kier molecular flexibility index (Phi) is 3.17. The minimum absolute atomic E-state index is 0.0976. The number of hydrogen-bond acceptors (Lipinski definition) is 3. The van der Waals surface area contributed by atoms with Gasteiger partial charge in [-0.15, -0.1) is 11.3 Å². The molecule has 0 saturated carbocycles. The van der Waals surface area contributed by atoms with Gasteiger partial charge in [0.15, 0.2) is 5.13 Å². The van der Waals surface area contributed by atoms with Crippen molar-refractivity contribution in [2.45, 2.75) is 24.9 Å². The molecule has 3 rings (SSSR count). The van der Waals surface area contributed by atoms with E-state index >= 15 is 0 Å². The van der Waals surface area contributed by atoms with Crippen molar-refractivity contribution in [2.24, 2.45) is 0 Å². The van der Waals surface area contributed by atoms with E-state index in [1.54, 1.807) is 6.07 Å². The first kappa shape index (κ1) is 13.7. The Morgan fingerprint density at radius 2 is 2.05 bits per heavy atom. The lowest BCUT2D eigenvalue weighted by atomic mass is 9.96. The predicted octanol–water partition coefficient (Wildman–Crippen LogP) is 4.48. The van der Waals surface area contributed by atoms with Gasteiger partial charge in [-0.25, -0.2) is 4.98 Å². The molecular weight excluding hydrogens is 309 g/mol. The number of nitrogens with zero attached hydrogens (tertiary/aromatic N) is 1. The molecule has 1 aromatic carbocycles. The summed E-state index contributed by atoms with van der Waals surface area (Å²) in [5, 5.41) is 0.554. The minimum Gasteiger partial charge on any atom is -0.375 e. The third-order valence-electron chi connectivity index (χ3n) is 3.38. The van der Waals surface area contributed by atoms with Crippen LogP contribution in [0.1, 0.15) is 34.0 Å². The zero-order valence-electron chi connectivity index (χ0n) is 10.2. The number of benzene rings is 1. The molecule has 2 N–H and O–H groups in total. The fraction of sp³-hybridized carbons (Fsp3) is 0.308. The summed E-state index contributed by atoms with van der Waals surface area (Å²) in [6, 6.07) is 3.70. The van der Waals surface area contributed by atoms with Crippen LogP contribution in [0.4, 0.5) is 18.3 Å². The van der Waals surface area contributed by atoms with E-state index in [1.807, 2.05) is 0 Å². The predicted molar refractivity (Wildman–Crippen MR) is 73.1 cm³/mol. The van der Waals surface area contributed by atoms with Gasteiger partial charge in [-0.05, 0) is 36.6 Å². The number of anilines is 1. The normalized spacial score (nSPS) is 18.3. The number of halogens is 4. The van der Waals surface area contributed by atoms with E-state index in [1.165, 1.54) is 17.4 Å². The summed E-state index contributed by atoms with van der Waals surface area (Å²) >= 11 is 7.17. The molecule has 1 unspecified atom stereocenters. The third kappa shape index (κ3) is 2.38. The Hall–Kier alpha value is -1.27. The lowest BCUT2D eigenvalue weighted by Crippen LogP contribution is -2.06. The molecule has 0 radical (unpaired) electrons. The van der Waals surface area contributed by atoms with Crippen LogP contribution in [0.25, 0.3) is 0 Å². The Morgan fingerprint density at radius 1 is 1.30 bits per heavy atom. The molecule has 2 aromatic rings. The van der Waals surface area contributed by atoms with Crippen molar-refractivity contribution in [3.05, 3.63) is 44.9 Å². The SMILES string of the molecule is Nc1nc2c(s1)C(c1cc(Cl)cc(C(F)(F)F)c1)CC2. The van der Waals surface area contributed by atoms with Gasteiger partial charge in [0.2, 0.25) is 0 Å². The second-order valence-electron chi connectivity index (χ2n) is 4.73. The highest BCUT2D eigenvalue weighted by Gasteiger charge is 2.34. The largest absolute Gasteiger partial charge is 0.416 e. The molecule has 0 aliphatic heterocycles. The molecule has 1 aromatic heterocycles. The number of thiazole rings is 1. The number of nitrogen functional groups attached to an aromatic ring is 1. The number of fused-ring (bicyclic) bond motifs is 1. The Labute approximate surface area is 122 Å². The number of hydrogen-bond donors (Lipinski definition) is 1. The smallest absolute Gasteiger partial charge is 0.375 e. The monoisotopic (exact) mass is 318 g/mol. The van der Waals surface area contributed by atoms with Crippen LogP contribution < -0.4 is 5.73 Å². The molecule has 0 bridgehead atoms. The summed E-state index contributed by atoms with van der Waals surface area (Å²) in [5.74, 6) is -0.0976. The molecule has 0 saturated heterocycles. The summed E-state index contributed by atoms with van der Waals surface area (Å²) in [6.45, 7) is 0. The molecule has 0 fully saturated rings. The molecule has 1 heterocycles. The van der Waals surface area contributed by atoms with Crippen LogP contribution in [0.2, 0.25) is 5.02 Å². The topological polar surface area (TPSA) is 38.9 Å². The van der Waals surface area contributed by atoms with E-state index < -0.39 is 11.7 Å².